The lowest BCUT2D eigenvalue weighted by Gasteiger charge is -2.13. The number of carbonyl (C=O) groups excluding carboxylic acids is 2. The fourth-order valence-corrected chi connectivity index (χ4v) is 3.12. The van der Waals surface area contributed by atoms with Gasteiger partial charge >= 0.3 is 0 Å². The van der Waals surface area contributed by atoms with E-state index >= 15 is 0 Å². The molecule has 0 aliphatic carbocycles. The molecule has 0 radical (unpaired) electrons. The molecular weight excluding hydrogens is 464 g/mol. The molecule has 0 aromatic heterocycles. The largest absolute Gasteiger partial charge is 0.495 e. The SMILES string of the molecule is COc1ccc(NC(=O)c2ccc(Cl)cc2[N+](=O)[O-])cc1NC(=O)c1ccc(Cl)cc1F. The zero-order valence-electron chi connectivity index (χ0n) is 16.3. The van der Waals surface area contributed by atoms with Gasteiger partial charge < -0.3 is 15.4 Å². The second kappa shape index (κ2) is 9.63. The Balaban J connectivity index is 1.87. The molecule has 0 saturated carbocycles. The van der Waals surface area contributed by atoms with E-state index in [1.807, 2.05) is 0 Å². The van der Waals surface area contributed by atoms with Crippen LogP contribution in [-0.2, 0) is 0 Å². The van der Waals surface area contributed by atoms with Gasteiger partial charge in [0.25, 0.3) is 17.5 Å². The van der Waals surface area contributed by atoms with Crippen LogP contribution >= 0.6 is 23.2 Å². The van der Waals surface area contributed by atoms with Gasteiger partial charge in [0.05, 0.1) is 23.3 Å². The standard InChI is InChI=1S/C21H14Cl2FN3O5/c1-32-19-7-4-13(25-21(29)15-6-3-12(23)9-18(15)27(30)31)10-17(19)26-20(28)14-5-2-11(22)8-16(14)24/h2-10H,1H3,(H,25,29)(H,26,28). The van der Waals surface area contributed by atoms with Crippen LogP contribution in [0.4, 0.5) is 21.5 Å². The highest BCUT2D eigenvalue weighted by atomic mass is 35.5. The van der Waals surface area contributed by atoms with Crippen LogP contribution in [0.5, 0.6) is 5.75 Å². The third kappa shape index (κ3) is 5.13. The lowest BCUT2D eigenvalue weighted by Crippen LogP contribution is -2.16. The molecule has 11 heteroatoms. The van der Waals surface area contributed by atoms with Gasteiger partial charge in [-0.15, -0.1) is 0 Å². The molecule has 0 aliphatic heterocycles. The van der Waals surface area contributed by atoms with E-state index in [1.165, 1.54) is 49.6 Å². The van der Waals surface area contributed by atoms with Crippen molar-refractivity contribution in [3.63, 3.8) is 0 Å². The summed E-state index contributed by atoms with van der Waals surface area (Å²) in [5, 5.41) is 16.5. The highest BCUT2D eigenvalue weighted by Gasteiger charge is 2.21. The van der Waals surface area contributed by atoms with E-state index in [0.717, 1.165) is 12.1 Å². The van der Waals surface area contributed by atoms with Crippen molar-refractivity contribution in [2.45, 2.75) is 0 Å². The number of methoxy groups -OCH3 is 1. The quantitative estimate of drug-likeness (QED) is 0.356. The van der Waals surface area contributed by atoms with E-state index < -0.39 is 28.2 Å². The van der Waals surface area contributed by atoms with E-state index in [2.05, 4.69) is 10.6 Å². The molecule has 3 aromatic carbocycles. The summed E-state index contributed by atoms with van der Waals surface area (Å²) in [6.45, 7) is 0. The minimum atomic E-state index is -0.812. The minimum absolute atomic E-state index is 0.108. The summed E-state index contributed by atoms with van der Waals surface area (Å²) < 4.78 is 19.3. The number of ether oxygens (including phenoxy) is 1. The molecule has 0 aliphatic rings. The first-order valence-electron chi connectivity index (χ1n) is 8.89. The molecular formula is C21H14Cl2FN3O5. The zero-order chi connectivity index (χ0) is 23.4. The maximum Gasteiger partial charge on any atom is 0.283 e. The lowest BCUT2D eigenvalue weighted by molar-refractivity contribution is -0.385. The van der Waals surface area contributed by atoms with E-state index in [-0.39, 0.29) is 38.3 Å². The van der Waals surface area contributed by atoms with Crippen molar-refractivity contribution in [3.05, 3.63) is 91.7 Å². The van der Waals surface area contributed by atoms with Crippen molar-refractivity contribution >= 4 is 52.1 Å². The Bertz CT molecular complexity index is 1240. The van der Waals surface area contributed by atoms with Crippen LogP contribution in [0.15, 0.2) is 54.6 Å². The number of benzene rings is 3. The van der Waals surface area contributed by atoms with Crippen molar-refractivity contribution in [2.24, 2.45) is 0 Å². The topological polar surface area (TPSA) is 111 Å². The van der Waals surface area contributed by atoms with Gasteiger partial charge in [0.2, 0.25) is 0 Å². The summed E-state index contributed by atoms with van der Waals surface area (Å²) in [7, 11) is 1.36. The second-order valence-electron chi connectivity index (χ2n) is 6.37. The summed E-state index contributed by atoms with van der Waals surface area (Å²) in [6, 6.07) is 11.5. The molecule has 8 nitrogen and oxygen atoms in total. The number of hydrogen-bond acceptors (Lipinski definition) is 5. The molecule has 2 N–H and O–H groups in total. The summed E-state index contributed by atoms with van der Waals surface area (Å²) in [4.78, 5) is 35.6. The maximum absolute atomic E-state index is 14.1. The highest BCUT2D eigenvalue weighted by molar-refractivity contribution is 6.31. The Morgan fingerprint density at radius 2 is 1.56 bits per heavy atom. The zero-order valence-corrected chi connectivity index (χ0v) is 17.8. The van der Waals surface area contributed by atoms with Crippen molar-refractivity contribution in [2.75, 3.05) is 17.7 Å². The number of carbonyl (C=O) groups is 2. The number of anilines is 2. The van der Waals surface area contributed by atoms with Gasteiger partial charge in [-0.1, -0.05) is 23.2 Å². The van der Waals surface area contributed by atoms with Gasteiger partial charge in [-0.3, -0.25) is 19.7 Å². The van der Waals surface area contributed by atoms with Crippen LogP contribution in [0.25, 0.3) is 0 Å². The van der Waals surface area contributed by atoms with Gasteiger partial charge in [-0.2, -0.15) is 0 Å². The van der Waals surface area contributed by atoms with E-state index in [1.54, 1.807) is 0 Å². The third-order valence-electron chi connectivity index (χ3n) is 4.28. The number of halogens is 3. The van der Waals surface area contributed by atoms with Gasteiger partial charge in [0.15, 0.2) is 0 Å². The molecule has 3 aromatic rings. The van der Waals surface area contributed by atoms with Gasteiger partial charge in [-0.05, 0) is 48.5 Å². The first-order chi connectivity index (χ1) is 15.2. The van der Waals surface area contributed by atoms with E-state index in [0.29, 0.717) is 0 Å². The Labute approximate surface area is 191 Å². The molecule has 3 rings (SSSR count). The Morgan fingerprint density at radius 3 is 2.19 bits per heavy atom. The number of rotatable bonds is 6. The molecule has 0 bridgehead atoms. The predicted molar refractivity (Wildman–Crippen MR) is 118 cm³/mol. The molecule has 32 heavy (non-hydrogen) atoms. The maximum atomic E-state index is 14.1. The first kappa shape index (κ1) is 23.0. The van der Waals surface area contributed by atoms with Crippen molar-refractivity contribution in [3.8, 4) is 5.75 Å². The molecule has 0 unspecified atom stereocenters. The average Bonchev–Trinajstić information content (AvgIpc) is 2.73. The van der Waals surface area contributed by atoms with E-state index in [9.17, 15) is 24.1 Å². The molecule has 0 atom stereocenters. The van der Waals surface area contributed by atoms with Crippen LogP contribution in [0.2, 0.25) is 10.0 Å². The number of amides is 2. The first-order valence-corrected chi connectivity index (χ1v) is 9.65. The van der Waals surface area contributed by atoms with Crippen LogP contribution in [-0.4, -0.2) is 23.8 Å². The van der Waals surface area contributed by atoms with Crippen molar-refractivity contribution < 1.29 is 23.6 Å². The fraction of sp³-hybridized carbons (Fsp3) is 0.0476. The lowest BCUT2D eigenvalue weighted by atomic mass is 10.1. The number of nitrogens with one attached hydrogen (secondary N) is 2. The van der Waals surface area contributed by atoms with Crippen molar-refractivity contribution in [1.82, 2.24) is 0 Å². The monoisotopic (exact) mass is 477 g/mol. The summed E-state index contributed by atoms with van der Waals surface area (Å²) >= 11 is 11.5. The highest BCUT2D eigenvalue weighted by Crippen LogP contribution is 2.30. The second-order valence-corrected chi connectivity index (χ2v) is 7.24. The third-order valence-corrected chi connectivity index (χ3v) is 4.75. The normalized spacial score (nSPS) is 10.4. The van der Waals surface area contributed by atoms with Crippen LogP contribution in [0.3, 0.4) is 0 Å². The number of nitro benzene ring substituents is 1. The molecule has 0 heterocycles. The predicted octanol–water partition coefficient (Wildman–Crippen LogP) is 5.55. The molecule has 0 saturated heterocycles. The Morgan fingerprint density at radius 1 is 0.938 bits per heavy atom. The van der Waals surface area contributed by atoms with Gasteiger partial charge in [0.1, 0.15) is 17.1 Å². The number of hydrogen-bond donors (Lipinski definition) is 2. The number of nitrogens with zero attached hydrogens (tertiary/aromatic N) is 1. The average molecular weight is 478 g/mol. The molecule has 0 fully saturated rings. The minimum Gasteiger partial charge on any atom is -0.495 e. The van der Waals surface area contributed by atoms with Crippen LogP contribution < -0.4 is 15.4 Å². The number of nitro groups is 1. The Kier molecular flexibility index (Phi) is 6.92. The van der Waals surface area contributed by atoms with Crippen LogP contribution in [0.1, 0.15) is 20.7 Å². The molecule has 0 spiro atoms. The Hall–Kier alpha value is -3.69. The molecule has 2 amide bonds. The summed E-state index contributed by atoms with van der Waals surface area (Å²) in [5.41, 5.74) is -0.579. The summed E-state index contributed by atoms with van der Waals surface area (Å²) in [5.74, 6) is -2.11. The van der Waals surface area contributed by atoms with Gasteiger partial charge in [-0.25, -0.2) is 4.39 Å². The van der Waals surface area contributed by atoms with Crippen LogP contribution in [0, 0.1) is 15.9 Å². The molecule has 164 valence electrons. The summed E-state index contributed by atoms with van der Waals surface area (Å²) in [6.07, 6.45) is 0. The van der Waals surface area contributed by atoms with E-state index in [4.69, 9.17) is 27.9 Å². The fourth-order valence-electron chi connectivity index (χ4n) is 2.79. The van der Waals surface area contributed by atoms with Crippen molar-refractivity contribution in [1.29, 1.82) is 0 Å². The van der Waals surface area contributed by atoms with Gasteiger partial charge in [0, 0.05) is 21.8 Å². The smallest absolute Gasteiger partial charge is 0.283 e.